The highest BCUT2D eigenvalue weighted by molar-refractivity contribution is 5.99. The van der Waals surface area contributed by atoms with E-state index >= 15 is 0 Å². The Kier molecular flexibility index (Phi) is 7.09. The lowest BCUT2D eigenvalue weighted by atomic mass is 10.1. The van der Waals surface area contributed by atoms with Crippen molar-refractivity contribution < 1.29 is 23.8 Å². The molecule has 1 N–H and O–H groups in total. The van der Waals surface area contributed by atoms with Gasteiger partial charge < -0.3 is 24.4 Å². The topological polar surface area (TPSA) is 77.1 Å². The maximum Gasteiger partial charge on any atom is 0.265 e. The maximum atomic E-state index is 12.4. The second-order valence-electron chi connectivity index (χ2n) is 7.61. The third kappa shape index (κ3) is 5.83. The van der Waals surface area contributed by atoms with Crippen LogP contribution in [0.3, 0.4) is 0 Å². The summed E-state index contributed by atoms with van der Waals surface area (Å²) in [6.45, 7) is 0.874. The molecule has 0 fully saturated rings. The van der Waals surface area contributed by atoms with Crippen molar-refractivity contribution in [2.75, 3.05) is 30.5 Å². The van der Waals surface area contributed by atoms with Crippen molar-refractivity contribution >= 4 is 23.2 Å². The second-order valence-corrected chi connectivity index (χ2v) is 7.61. The van der Waals surface area contributed by atoms with Crippen LogP contribution in [0.2, 0.25) is 0 Å². The molecular formula is C26H26N2O5. The number of anilines is 2. The van der Waals surface area contributed by atoms with E-state index in [-0.39, 0.29) is 18.4 Å². The van der Waals surface area contributed by atoms with Crippen molar-refractivity contribution in [1.82, 2.24) is 0 Å². The van der Waals surface area contributed by atoms with E-state index in [0.29, 0.717) is 43.1 Å². The number of benzene rings is 3. The number of nitrogens with one attached hydrogen (secondary N) is 1. The average molecular weight is 447 g/mol. The monoisotopic (exact) mass is 446 g/mol. The quantitative estimate of drug-likeness (QED) is 0.493. The zero-order chi connectivity index (χ0) is 23.0. The molecule has 170 valence electrons. The van der Waals surface area contributed by atoms with Crippen LogP contribution < -0.4 is 24.4 Å². The first-order chi connectivity index (χ1) is 16.1. The zero-order valence-electron chi connectivity index (χ0n) is 18.5. The Morgan fingerprint density at radius 2 is 1.79 bits per heavy atom. The summed E-state index contributed by atoms with van der Waals surface area (Å²) in [5.74, 6) is 1.87. The van der Waals surface area contributed by atoms with E-state index < -0.39 is 0 Å². The number of hydrogen-bond donors (Lipinski definition) is 1. The van der Waals surface area contributed by atoms with Crippen LogP contribution >= 0.6 is 0 Å². The summed E-state index contributed by atoms with van der Waals surface area (Å²) in [7, 11) is 1.61. The van der Waals surface area contributed by atoms with E-state index in [9.17, 15) is 9.59 Å². The van der Waals surface area contributed by atoms with Crippen molar-refractivity contribution in [2.24, 2.45) is 0 Å². The maximum absolute atomic E-state index is 12.4. The number of hydrogen-bond acceptors (Lipinski definition) is 5. The van der Waals surface area contributed by atoms with Gasteiger partial charge in [0.05, 0.1) is 25.9 Å². The minimum Gasteiger partial charge on any atom is -0.497 e. The van der Waals surface area contributed by atoms with Crippen LogP contribution in [-0.2, 0) is 16.1 Å². The van der Waals surface area contributed by atoms with E-state index in [1.807, 2.05) is 54.6 Å². The molecule has 0 radical (unpaired) electrons. The van der Waals surface area contributed by atoms with Crippen molar-refractivity contribution in [1.29, 1.82) is 0 Å². The molecule has 1 heterocycles. The predicted octanol–water partition coefficient (Wildman–Crippen LogP) is 4.42. The van der Waals surface area contributed by atoms with Gasteiger partial charge in [-0.1, -0.05) is 30.3 Å². The summed E-state index contributed by atoms with van der Waals surface area (Å²) in [6.07, 6.45) is 0.908. The van der Waals surface area contributed by atoms with Gasteiger partial charge >= 0.3 is 0 Å². The van der Waals surface area contributed by atoms with Crippen LogP contribution in [0.5, 0.6) is 17.2 Å². The van der Waals surface area contributed by atoms with Gasteiger partial charge in [0.25, 0.3) is 5.91 Å². The van der Waals surface area contributed by atoms with Crippen molar-refractivity contribution in [3.8, 4) is 17.2 Å². The normalized spacial score (nSPS) is 12.5. The predicted molar refractivity (Wildman–Crippen MR) is 126 cm³/mol. The van der Waals surface area contributed by atoms with Crippen molar-refractivity contribution in [2.45, 2.75) is 19.4 Å². The fourth-order valence-electron chi connectivity index (χ4n) is 3.54. The lowest BCUT2D eigenvalue weighted by Crippen LogP contribution is -2.38. The van der Waals surface area contributed by atoms with E-state index in [2.05, 4.69) is 5.32 Å². The molecule has 0 aromatic heterocycles. The molecule has 0 saturated carbocycles. The minimum absolute atomic E-state index is 0.0278. The van der Waals surface area contributed by atoms with Crippen LogP contribution in [0.15, 0.2) is 72.8 Å². The van der Waals surface area contributed by atoms with E-state index in [1.54, 1.807) is 30.2 Å². The smallest absolute Gasteiger partial charge is 0.265 e. The summed E-state index contributed by atoms with van der Waals surface area (Å²) in [4.78, 5) is 26.5. The molecule has 3 aromatic carbocycles. The molecule has 0 atom stereocenters. The number of nitrogens with zero attached hydrogens (tertiary/aromatic N) is 1. The fraction of sp³-hybridized carbons (Fsp3) is 0.231. The van der Waals surface area contributed by atoms with Crippen LogP contribution in [0.25, 0.3) is 0 Å². The van der Waals surface area contributed by atoms with Gasteiger partial charge in [-0.25, -0.2) is 0 Å². The van der Waals surface area contributed by atoms with E-state index in [4.69, 9.17) is 14.2 Å². The summed E-state index contributed by atoms with van der Waals surface area (Å²) < 4.78 is 16.4. The molecule has 4 rings (SSSR count). The second kappa shape index (κ2) is 10.5. The number of carbonyl (C=O) groups excluding carboxylic acids is 2. The number of ether oxygens (including phenoxy) is 3. The first kappa shape index (κ1) is 22.2. The largest absolute Gasteiger partial charge is 0.497 e. The van der Waals surface area contributed by atoms with Gasteiger partial charge in [0.1, 0.15) is 17.2 Å². The highest BCUT2D eigenvalue weighted by Gasteiger charge is 2.26. The standard InChI is InChI=1S/C26H26N2O5/c1-31-21-10-12-22(13-11-21)32-15-5-8-25(29)27-20-9-14-23-24(16-20)33-18-26(30)28(23)17-19-6-3-2-4-7-19/h2-4,6-7,9-14,16H,5,8,15,17-18H2,1H3,(H,27,29). The van der Waals surface area contributed by atoms with Crippen molar-refractivity contribution in [3.05, 3.63) is 78.4 Å². The molecule has 0 unspecified atom stereocenters. The number of rotatable bonds is 9. The van der Waals surface area contributed by atoms with Gasteiger partial charge in [0.15, 0.2) is 6.61 Å². The third-order valence-corrected chi connectivity index (χ3v) is 5.25. The lowest BCUT2D eigenvalue weighted by molar-refractivity contribution is -0.121. The Bertz CT molecular complexity index is 1100. The van der Waals surface area contributed by atoms with Crippen LogP contribution in [-0.4, -0.2) is 32.1 Å². The molecule has 0 bridgehead atoms. The van der Waals surface area contributed by atoms with Gasteiger partial charge in [-0.3, -0.25) is 9.59 Å². The summed E-state index contributed by atoms with van der Waals surface area (Å²) in [6, 6.07) is 22.5. The van der Waals surface area contributed by atoms with Crippen LogP contribution in [0, 0.1) is 0 Å². The number of amides is 2. The molecule has 2 amide bonds. The first-order valence-electron chi connectivity index (χ1n) is 10.8. The van der Waals surface area contributed by atoms with E-state index in [1.165, 1.54) is 0 Å². The Balaban J connectivity index is 1.29. The number of carbonyl (C=O) groups is 2. The number of fused-ring (bicyclic) bond motifs is 1. The highest BCUT2D eigenvalue weighted by atomic mass is 16.5. The van der Waals surface area contributed by atoms with E-state index in [0.717, 1.165) is 17.1 Å². The molecule has 1 aliphatic heterocycles. The average Bonchev–Trinajstić information content (AvgIpc) is 2.84. The Morgan fingerprint density at radius 1 is 1.03 bits per heavy atom. The molecular weight excluding hydrogens is 420 g/mol. The third-order valence-electron chi connectivity index (χ3n) is 5.25. The van der Waals surface area contributed by atoms with Gasteiger partial charge in [0.2, 0.25) is 5.91 Å². The molecule has 0 saturated heterocycles. The van der Waals surface area contributed by atoms with Crippen LogP contribution in [0.4, 0.5) is 11.4 Å². The van der Waals surface area contributed by atoms with Gasteiger partial charge in [-0.2, -0.15) is 0 Å². The lowest BCUT2D eigenvalue weighted by Gasteiger charge is -2.29. The Morgan fingerprint density at radius 3 is 2.55 bits per heavy atom. The molecule has 7 heteroatoms. The number of methoxy groups -OCH3 is 1. The van der Waals surface area contributed by atoms with Crippen molar-refractivity contribution in [3.63, 3.8) is 0 Å². The summed E-state index contributed by atoms with van der Waals surface area (Å²) in [5, 5.41) is 2.89. The summed E-state index contributed by atoms with van der Waals surface area (Å²) in [5.41, 5.74) is 2.36. The Hall–Kier alpha value is -4.00. The van der Waals surface area contributed by atoms with Crippen LogP contribution in [0.1, 0.15) is 18.4 Å². The molecule has 1 aliphatic rings. The van der Waals surface area contributed by atoms with Gasteiger partial charge in [-0.15, -0.1) is 0 Å². The molecule has 0 aliphatic carbocycles. The highest BCUT2D eigenvalue weighted by Crippen LogP contribution is 2.35. The fourth-order valence-corrected chi connectivity index (χ4v) is 3.54. The molecule has 7 nitrogen and oxygen atoms in total. The minimum atomic E-state index is -0.110. The zero-order valence-corrected chi connectivity index (χ0v) is 18.5. The molecule has 0 spiro atoms. The summed E-state index contributed by atoms with van der Waals surface area (Å²) >= 11 is 0. The Labute approximate surface area is 192 Å². The van der Waals surface area contributed by atoms with Gasteiger partial charge in [-0.05, 0) is 48.4 Å². The first-order valence-corrected chi connectivity index (χ1v) is 10.8. The SMILES string of the molecule is COc1ccc(OCCCC(=O)Nc2ccc3c(c2)OCC(=O)N3Cc2ccccc2)cc1. The molecule has 33 heavy (non-hydrogen) atoms. The van der Waals surface area contributed by atoms with Gasteiger partial charge in [0, 0.05) is 18.2 Å². The molecule has 3 aromatic rings.